The number of carbonyl (C=O) groups is 1. The lowest BCUT2D eigenvalue weighted by Crippen LogP contribution is -2.37. The number of H-pyrrole nitrogens is 1. The van der Waals surface area contributed by atoms with Crippen molar-refractivity contribution < 1.29 is 9.90 Å². The molecule has 0 saturated carbocycles. The molecule has 1 aromatic heterocycles. The number of likely N-dealkylation sites (tertiary alicyclic amines) is 1. The highest BCUT2D eigenvalue weighted by Crippen LogP contribution is 2.20. The summed E-state index contributed by atoms with van der Waals surface area (Å²) in [5.74, 6) is -0.777. The molecular weight excluding hydrogens is 252 g/mol. The van der Waals surface area contributed by atoms with Crippen molar-refractivity contribution in [2.24, 2.45) is 5.92 Å². The molecule has 3 rings (SSSR count). The minimum absolute atomic E-state index is 0.140. The van der Waals surface area contributed by atoms with Gasteiger partial charge in [0.1, 0.15) is 0 Å². The first-order valence-corrected chi connectivity index (χ1v) is 7.24. The lowest BCUT2D eigenvalue weighted by atomic mass is 9.97. The van der Waals surface area contributed by atoms with Crippen LogP contribution in [0.5, 0.6) is 0 Å². The summed E-state index contributed by atoms with van der Waals surface area (Å²) >= 11 is 0. The van der Waals surface area contributed by atoms with E-state index < -0.39 is 5.97 Å². The first-order chi connectivity index (χ1) is 9.74. The quantitative estimate of drug-likeness (QED) is 0.899. The molecule has 4 nitrogen and oxygen atoms in total. The van der Waals surface area contributed by atoms with Gasteiger partial charge in [0.15, 0.2) is 0 Å². The van der Waals surface area contributed by atoms with Gasteiger partial charge in [-0.2, -0.15) is 0 Å². The molecule has 1 fully saturated rings. The maximum atomic E-state index is 10.9. The number of aliphatic carboxylic acids is 1. The number of rotatable bonds is 4. The van der Waals surface area contributed by atoms with Crippen molar-refractivity contribution in [2.75, 3.05) is 19.6 Å². The van der Waals surface area contributed by atoms with Crippen molar-refractivity contribution in [3.05, 3.63) is 36.0 Å². The largest absolute Gasteiger partial charge is 0.481 e. The van der Waals surface area contributed by atoms with E-state index in [1.54, 1.807) is 0 Å². The SMILES string of the molecule is O=C(O)C1CCN(CCc2c[nH]c3ccccc23)CC1. The second kappa shape index (κ2) is 5.67. The normalized spacial score (nSPS) is 17.6. The summed E-state index contributed by atoms with van der Waals surface area (Å²) in [7, 11) is 0. The molecule has 4 heteroatoms. The highest BCUT2D eigenvalue weighted by Gasteiger charge is 2.24. The Bertz CT molecular complexity index is 597. The smallest absolute Gasteiger partial charge is 0.306 e. The third-order valence-electron chi connectivity index (χ3n) is 4.31. The fourth-order valence-electron chi connectivity index (χ4n) is 3.02. The number of hydrogen-bond acceptors (Lipinski definition) is 2. The van der Waals surface area contributed by atoms with Crippen LogP contribution in [-0.2, 0) is 11.2 Å². The summed E-state index contributed by atoms with van der Waals surface area (Å²) in [6, 6.07) is 8.35. The second-order valence-electron chi connectivity index (χ2n) is 5.56. The zero-order valence-corrected chi connectivity index (χ0v) is 11.5. The maximum absolute atomic E-state index is 10.9. The van der Waals surface area contributed by atoms with Gasteiger partial charge in [0, 0.05) is 23.6 Å². The van der Waals surface area contributed by atoms with Crippen LogP contribution in [0.15, 0.2) is 30.5 Å². The van der Waals surface area contributed by atoms with E-state index in [0.29, 0.717) is 0 Å². The van der Waals surface area contributed by atoms with E-state index in [4.69, 9.17) is 5.11 Å². The van der Waals surface area contributed by atoms with Crippen molar-refractivity contribution in [1.29, 1.82) is 0 Å². The molecular formula is C16H20N2O2. The summed E-state index contributed by atoms with van der Waals surface area (Å²) in [4.78, 5) is 16.6. The molecule has 20 heavy (non-hydrogen) atoms. The number of piperidine rings is 1. The Labute approximate surface area is 118 Å². The van der Waals surface area contributed by atoms with Gasteiger partial charge in [0.2, 0.25) is 0 Å². The molecule has 0 spiro atoms. The predicted octanol–water partition coefficient (Wildman–Crippen LogP) is 2.51. The average Bonchev–Trinajstić information content (AvgIpc) is 2.89. The van der Waals surface area contributed by atoms with Gasteiger partial charge in [0.25, 0.3) is 0 Å². The zero-order chi connectivity index (χ0) is 13.9. The van der Waals surface area contributed by atoms with Crippen LogP contribution in [0.25, 0.3) is 10.9 Å². The zero-order valence-electron chi connectivity index (χ0n) is 11.5. The summed E-state index contributed by atoms with van der Waals surface area (Å²) in [6.45, 7) is 2.81. The van der Waals surface area contributed by atoms with E-state index in [-0.39, 0.29) is 5.92 Å². The number of aromatic amines is 1. The Morgan fingerprint density at radius 2 is 2.05 bits per heavy atom. The van der Waals surface area contributed by atoms with Crippen LogP contribution in [0.2, 0.25) is 0 Å². The molecule has 1 aliphatic heterocycles. The lowest BCUT2D eigenvalue weighted by molar-refractivity contribution is -0.143. The van der Waals surface area contributed by atoms with Crippen LogP contribution >= 0.6 is 0 Å². The maximum Gasteiger partial charge on any atom is 0.306 e. The molecule has 0 bridgehead atoms. The van der Waals surface area contributed by atoms with Crippen LogP contribution in [0, 0.1) is 5.92 Å². The molecule has 1 saturated heterocycles. The van der Waals surface area contributed by atoms with Crippen LogP contribution in [0.1, 0.15) is 18.4 Å². The number of aromatic nitrogens is 1. The number of fused-ring (bicyclic) bond motifs is 1. The van der Waals surface area contributed by atoms with E-state index in [2.05, 4.69) is 34.3 Å². The molecule has 106 valence electrons. The molecule has 1 aromatic carbocycles. The first kappa shape index (κ1) is 13.2. The Morgan fingerprint density at radius 3 is 2.80 bits per heavy atom. The van der Waals surface area contributed by atoms with Crippen molar-refractivity contribution in [1.82, 2.24) is 9.88 Å². The summed E-state index contributed by atoms with van der Waals surface area (Å²) < 4.78 is 0. The summed E-state index contributed by atoms with van der Waals surface area (Å²) in [5.41, 5.74) is 2.54. The first-order valence-electron chi connectivity index (χ1n) is 7.24. The van der Waals surface area contributed by atoms with Crippen molar-refractivity contribution >= 4 is 16.9 Å². The van der Waals surface area contributed by atoms with Crippen LogP contribution < -0.4 is 0 Å². The molecule has 0 radical (unpaired) electrons. The monoisotopic (exact) mass is 272 g/mol. The molecule has 2 aromatic rings. The Balaban J connectivity index is 1.57. The predicted molar refractivity (Wildman–Crippen MR) is 78.8 cm³/mol. The van der Waals surface area contributed by atoms with Gasteiger partial charge in [-0.1, -0.05) is 18.2 Å². The van der Waals surface area contributed by atoms with Crippen molar-refractivity contribution in [3.63, 3.8) is 0 Å². The number of hydrogen-bond donors (Lipinski definition) is 2. The molecule has 0 amide bonds. The topological polar surface area (TPSA) is 56.3 Å². The number of carboxylic acids is 1. The summed E-state index contributed by atoms with van der Waals surface area (Å²) in [6.07, 6.45) is 4.67. The fourth-order valence-corrected chi connectivity index (χ4v) is 3.02. The van der Waals surface area contributed by atoms with Gasteiger partial charge in [-0.05, 0) is 44.0 Å². The molecule has 1 aliphatic rings. The van der Waals surface area contributed by atoms with Gasteiger partial charge in [0.05, 0.1) is 5.92 Å². The number of para-hydroxylation sites is 1. The van der Waals surface area contributed by atoms with E-state index in [1.165, 1.54) is 16.5 Å². The Morgan fingerprint density at radius 1 is 1.30 bits per heavy atom. The van der Waals surface area contributed by atoms with Gasteiger partial charge in [-0.3, -0.25) is 4.79 Å². The van der Waals surface area contributed by atoms with Gasteiger partial charge in [-0.15, -0.1) is 0 Å². The molecule has 0 aliphatic carbocycles. The molecule has 0 atom stereocenters. The molecule has 2 N–H and O–H groups in total. The highest BCUT2D eigenvalue weighted by molar-refractivity contribution is 5.83. The minimum atomic E-state index is -0.638. The summed E-state index contributed by atoms with van der Waals surface area (Å²) in [5, 5.41) is 10.3. The second-order valence-corrected chi connectivity index (χ2v) is 5.56. The highest BCUT2D eigenvalue weighted by atomic mass is 16.4. The van der Waals surface area contributed by atoms with Crippen molar-refractivity contribution in [2.45, 2.75) is 19.3 Å². The average molecular weight is 272 g/mol. The number of nitrogens with zero attached hydrogens (tertiary/aromatic N) is 1. The van der Waals surface area contributed by atoms with Crippen LogP contribution in [0.3, 0.4) is 0 Å². The van der Waals surface area contributed by atoms with E-state index in [9.17, 15) is 4.79 Å². The van der Waals surface area contributed by atoms with Gasteiger partial charge < -0.3 is 15.0 Å². The van der Waals surface area contributed by atoms with Crippen molar-refractivity contribution in [3.8, 4) is 0 Å². The van der Waals surface area contributed by atoms with E-state index in [0.717, 1.165) is 38.9 Å². The van der Waals surface area contributed by atoms with E-state index >= 15 is 0 Å². The fraction of sp³-hybridized carbons (Fsp3) is 0.438. The third kappa shape index (κ3) is 2.70. The third-order valence-corrected chi connectivity index (χ3v) is 4.31. The standard InChI is InChI=1S/C16H20N2O2/c19-16(20)12-5-8-18(9-6-12)10-7-13-11-17-15-4-2-1-3-14(13)15/h1-4,11-12,17H,5-10H2,(H,19,20). The van der Waals surface area contributed by atoms with Gasteiger partial charge in [-0.25, -0.2) is 0 Å². The van der Waals surface area contributed by atoms with Gasteiger partial charge >= 0.3 is 5.97 Å². The molecule has 0 unspecified atom stereocenters. The molecule has 2 heterocycles. The number of carboxylic acid groups (broad SMARTS) is 1. The number of nitrogens with one attached hydrogen (secondary N) is 1. The minimum Gasteiger partial charge on any atom is -0.481 e. The Kier molecular flexibility index (Phi) is 3.74. The lowest BCUT2D eigenvalue weighted by Gasteiger charge is -2.29. The number of benzene rings is 1. The van der Waals surface area contributed by atoms with E-state index in [1.807, 2.05) is 6.07 Å². The Hall–Kier alpha value is -1.81. The van der Waals surface area contributed by atoms with Crippen LogP contribution in [-0.4, -0.2) is 40.6 Å². The van der Waals surface area contributed by atoms with Crippen LogP contribution in [0.4, 0.5) is 0 Å².